The van der Waals surface area contributed by atoms with Crippen molar-refractivity contribution >= 4 is 23.7 Å². The molecule has 0 spiro atoms. The van der Waals surface area contributed by atoms with E-state index in [1.165, 1.54) is 6.21 Å². The first-order chi connectivity index (χ1) is 15.1. The number of nitrogens with one attached hydrogen (secondary N) is 2. The smallest absolute Gasteiger partial charge is 0.329 e. The summed E-state index contributed by atoms with van der Waals surface area (Å²) in [6.45, 7) is 7.63. The van der Waals surface area contributed by atoms with Gasteiger partial charge in [-0.2, -0.15) is 5.10 Å². The molecule has 31 heavy (non-hydrogen) atoms. The highest BCUT2D eigenvalue weighted by Crippen LogP contribution is 2.28. The molecule has 0 aliphatic heterocycles. The van der Waals surface area contributed by atoms with Gasteiger partial charge in [-0.3, -0.25) is 9.59 Å². The Hall–Kier alpha value is -3.55. The van der Waals surface area contributed by atoms with Crippen molar-refractivity contribution in [3.8, 4) is 17.2 Å². The van der Waals surface area contributed by atoms with Gasteiger partial charge >= 0.3 is 11.8 Å². The van der Waals surface area contributed by atoms with Crippen LogP contribution in [0.5, 0.6) is 17.2 Å². The summed E-state index contributed by atoms with van der Waals surface area (Å²) in [6.07, 6.45) is 3.22. The molecule has 0 heterocycles. The molecule has 2 aromatic rings. The fourth-order valence-electron chi connectivity index (χ4n) is 2.46. The minimum absolute atomic E-state index is 0.483. The monoisotopic (exact) mass is 427 g/mol. The lowest BCUT2D eigenvalue weighted by Gasteiger charge is -2.11. The second-order valence-electron chi connectivity index (χ2n) is 6.51. The summed E-state index contributed by atoms with van der Waals surface area (Å²) >= 11 is 0. The first kappa shape index (κ1) is 23.7. The van der Waals surface area contributed by atoms with Gasteiger partial charge in [-0.05, 0) is 67.8 Å². The SMILES string of the molecule is CCCOc1ccc(NC(=O)C(=O)N/N=C\c2ccc(OCCC)c(OCC)c2)cc1. The van der Waals surface area contributed by atoms with Crippen molar-refractivity contribution in [1.29, 1.82) is 0 Å². The van der Waals surface area contributed by atoms with E-state index in [9.17, 15) is 9.59 Å². The van der Waals surface area contributed by atoms with E-state index in [0.717, 1.165) is 12.8 Å². The van der Waals surface area contributed by atoms with Crippen molar-refractivity contribution in [3.63, 3.8) is 0 Å². The Kier molecular flexibility index (Phi) is 9.87. The van der Waals surface area contributed by atoms with Crippen molar-refractivity contribution < 1.29 is 23.8 Å². The molecule has 0 saturated carbocycles. The first-order valence-electron chi connectivity index (χ1n) is 10.3. The predicted octanol–water partition coefficient (Wildman–Crippen LogP) is 3.75. The van der Waals surface area contributed by atoms with Crippen LogP contribution < -0.4 is 25.0 Å². The average Bonchev–Trinajstić information content (AvgIpc) is 2.78. The van der Waals surface area contributed by atoms with E-state index in [-0.39, 0.29) is 0 Å². The van der Waals surface area contributed by atoms with Gasteiger partial charge in [-0.15, -0.1) is 0 Å². The normalized spacial score (nSPS) is 10.5. The standard InChI is InChI=1S/C23H29N3O5/c1-4-13-30-19-10-8-18(9-11-19)25-22(27)23(28)26-24-16-17-7-12-20(31-14-5-2)21(15-17)29-6-3/h7-12,15-16H,4-6,13-14H2,1-3H3,(H,25,27)(H,26,28)/b24-16-. The Morgan fingerprint density at radius 3 is 2.26 bits per heavy atom. The number of benzene rings is 2. The number of hydrazone groups is 1. The maximum Gasteiger partial charge on any atom is 0.329 e. The molecule has 2 rings (SSSR count). The quantitative estimate of drug-likeness (QED) is 0.323. The Labute approximate surface area is 182 Å². The number of hydrogen-bond acceptors (Lipinski definition) is 6. The maximum atomic E-state index is 12.0. The van der Waals surface area contributed by atoms with Gasteiger partial charge in [-0.25, -0.2) is 5.43 Å². The van der Waals surface area contributed by atoms with E-state index in [4.69, 9.17) is 14.2 Å². The Bertz CT molecular complexity index is 881. The predicted molar refractivity (Wildman–Crippen MR) is 120 cm³/mol. The third kappa shape index (κ3) is 8.00. The van der Waals surface area contributed by atoms with Crippen molar-refractivity contribution in [2.24, 2.45) is 5.10 Å². The highest BCUT2D eigenvalue weighted by atomic mass is 16.5. The summed E-state index contributed by atoms with van der Waals surface area (Å²) in [7, 11) is 0. The molecule has 0 aliphatic carbocycles. The highest BCUT2D eigenvalue weighted by molar-refractivity contribution is 6.39. The molecule has 8 heteroatoms. The van der Waals surface area contributed by atoms with E-state index < -0.39 is 11.8 Å². The van der Waals surface area contributed by atoms with Crippen LogP contribution in [-0.2, 0) is 9.59 Å². The zero-order valence-corrected chi connectivity index (χ0v) is 18.1. The van der Waals surface area contributed by atoms with Gasteiger partial charge in [0.1, 0.15) is 5.75 Å². The summed E-state index contributed by atoms with van der Waals surface area (Å²) in [5.41, 5.74) is 3.39. The molecular formula is C23H29N3O5. The van der Waals surface area contributed by atoms with Crippen LogP contribution in [-0.4, -0.2) is 37.8 Å². The largest absolute Gasteiger partial charge is 0.494 e. The second-order valence-corrected chi connectivity index (χ2v) is 6.51. The number of anilines is 1. The molecular weight excluding hydrogens is 398 g/mol. The van der Waals surface area contributed by atoms with Crippen molar-refractivity contribution in [2.45, 2.75) is 33.6 Å². The van der Waals surface area contributed by atoms with Crippen LogP contribution in [0.1, 0.15) is 39.2 Å². The van der Waals surface area contributed by atoms with Crippen LogP contribution in [0.2, 0.25) is 0 Å². The number of hydrogen-bond donors (Lipinski definition) is 2. The molecule has 0 bridgehead atoms. The van der Waals surface area contributed by atoms with Crippen LogP contribution in [0.15, 0.2) is 47.6 Å². The average molecular weight is 428 g/mol. The summed E-state index contributed by atoms with van der Waals surface area (Å²) in [5.74, 6) is 0.241. The van der Waals surface area contributed by atoms with E-state index in [0.29, 0.717) is 48.3 Å². The molecule has 0 unspecified atom stereocenters. The molecule has 166 valence electrons. The van der Waals surface area contributed by atoms with Gasteiger partial charge in [-0.1, -0.05) is 13.8 Å². The maximum absolute atomic E-state index is 12.0. The fraction of sp³-hybridized carbons (Fsp3) is 0.348. The molecule has 2 aromatic carbocycles. The van der Waals surface area contributed by atoms with Gasteiger partial charge in [0.2, 0.25) is 0 Å². The molecule has 0 aromatic heterocycles. The number of nitrogens with zero attached hydrogens (tertiary/aromatic N) is 1. The molecule has 2 amide bonds. The summed E-state index contributed by atoms with van der Waals surface area (Å²) in [6, 6.07) is 12.1. The summed E-state index contributed by atoms with van der Waals surface area (Å²) in [4.78, 5) is 24.0. The first-order valence-corrected chi connectivity index (χ1v) is 10.3. The minimum Gasteiger partial charge on any atom is -0.494 e. The molecule has 2 N–H and O–H groups in total. The van der Waals surface area contributed by atoms with Crippen LogP contribution in [0, 0.1) is 0 Å². The van der Waals surface area contributed by atoms with Gasteiger partial charge in [0, 0.05) is 5.69 Å². The minimum atomic E-state index is -0.879. The van der Waals surface area contributed by atoms with Crippen molar-refractivity contribution in [2.75, 3.05) is 25.1 Å². The Balaban J connectivity index is 1.90. The lowest BCUT2D eigenvalue weighted by molar-refractivity contribution is -0.136. The van der Waals surface area contributed by atoms with E-state index in [2.05, 4.69) is 15.8 Å². The van der Waals surface area contributed by atoms with Crippen LogP contribution in [0.25, 0.3) is 0 Å². The van der Waals surface area contributed by atoms with E-state index in [1.807, 2.05) is 20.8 Å². The Morgan fingerprint density at radius 1 is 0.871 bits per heavy atom. The van der Waals surface area contributed by atoms with Crippen LogP contribution in [0.4, 0.5) is 5.69 Å². The van der Waals surface area contributed by atoms with Crippen LogP contribution >= 0.6 is 0 Å². The molecule has 0 saturated heterocycles. The summed E-state index contributed by atoms with van der Waals surface area (Å²) < 4.78 is 16.7. The lowest BCUT2D eigenvalue weighted by atomic mass is 10.2. The van der Waals surface area contributed by atoms with Gasteiger partial charge in [0.15, 0.2) is 11.5 Å². The highest BCUT2D eigenvalue weighted by Gasteiger charge is 2.13. The van der Waals surface area contributed by atoms with Gasteiger partial charge < -0.3 is 19.5 Å². The lowest BCUT2D eigenvalue weighted by Crippen LogP contribution is -2.32. The topological polar surface area (TPSA) is 98.2 Å². The van der Waals surface area contributed by atoms with Crippen molar-refractivity contribution in [1.82, 2.24) is 5.43 Å². The van der Waals surface area contributed by atoms with Gasteiger partial charge in [0.05, 0.1) is 26.0 Å². The zero-order valence-electron chi connectivity index (χ0n) is 18.1. The number of amides is 2. The van der Waals surface area contributed by atoms with E-state index in [1.54, 1.807) is 42.5 Å². The molecule has 0 aliphatic rings. The van der Waals surface area contributed by atoms with Crippen molar-refractivity contribution in [3.05, 3.63) is 48.0 Å². The van der Waals surface area contributed by atoms with Crippen LogP contribution in [0.3, 0.4) is 0 Å². The number of carbonyl (C=O) groups excluding carboxylic acids is 2. The third-order valence-corrected chi connectivity index (χ3v) is 3.90. The third-order valence-electron chi connectivity index (χ3n) is 3.90. The Morgan fingerprint density at radius 2 is 1.58 bits per heavy atom. The number of carbonyl (C=O) groups is 2. The fourth-order valence-corrected chi connectivity index (χ4v) is 2.46. The summed E-state index contributed by atoms with van der Waals surface area (Å²) in [5, 5.41) is 6.35. The van der Waals surface area contributed by atoms with Gasteiger partial charge in [0.25, 0.3) is 0 Å². The number of ether oxygens (including phenoxy) is 3. The molecule has 0 fully saturated rings. The zero-order chi connectivity index (χ0) is 22.5. The molecule has 8 nitrogen and oxygen atoms in total. The second kappa shape index (κ2) is 12.9. The number of rotatable bonds is 11. The molecule has 0 atom stereocenters. The molecule has 0 radical (unpaired) electrons. The van der Waals surface area contributed by atoms with E-state index >= 15 is 0 Å².